The molecule has 0 aromatic heterocycles. The maximum atomic E-state index is 11.0. The van der Waals surface area contributed by atoms with Crippen molar-refractivity contribution in [2.45, 2.75) is 6.42 Å². The molecule has 5 nitrogen and oxygen atoms in total. The Morgan fingerprint density at radius 1 is 1.28 bits per heavy atom. The number of benzene rings is 1. The van der Waals surface area contributed by atoms with Gasteiger partial charge in [0.25, 0.3) is 0 Å². The molecule has 0 aliphatic rings. The highest BCUT2D eigenvalue weighted by atomic mass is 16.5. The highest BCUT2D eigenvalue weighted by Crippen LogP contribution is 2.26. The fourth-order valence-electron chi connectivity index (χ4n) is 1.47. The quantitative estimate of drug-likeness (QED) is 0.766. The van der Waals surface area contributed by atoms with Crippen LogP contribution in [0.3, 0.4) is 0 Å². The lowest BCUT2D eigenvalue weighted by Crippen LogP contribution is -2.23. The second-order valence-corrected chi connectivity index (χ2v) is 3.78. The largest absolute Gasteiger partial charge is 0.493 e. The van der Waals surface area contributed by atoms with Crippen LogP contribution in [0.1, 0.15) is 6.42 Å². The van der Waals surface area contributed by atoms with E-state index in [1.807, 2.05) is 12.1 Å². The molecule has 0 fully saturated rings. The number of carbonyl (C=O) groups is 1. The summed E-state index contributed by atoms with van der Waals surface area (Å²) in [6.07, 6.45) is 0.418. The van der Waals surface area contributed by atoms with Crippen molar-refractivity contribution in [3.8, 4) is 11.5 Å². The maximum absolute atomic E-state index is 11.0. The van der Waals surface area contributed by atoms with Gasteiger partial charge in [-0.2, -0.15) is 0 Å². The van der Waals surface area contributed by atoms with Gasteiger partial charge in [-0.3, -0.25) is 4.79 Å². The molecule has 0 saturated heterocycles. The first-order valence-electron chi connectivity index (χ1n) is 5.66. The molecule has 1 atom stereocenters. The maximum Gasteiger partial charge on any atom is 0.310 e. The molecule has 0 amide bonds. The molecule has 1 aromatic carbocycles. The summed E-state index contributed by atoms with van der Waals surface area (Å²) in [7, 11) is 3.09. The van der Waals surface area contributed by atoms with Gasteiger partial charge in [0.15, 0.2) is 11.5 Å². The first kappa shape index (κ1) is 14.3. The number of aliphatic carboxylic acids is 1. The van der Waals surface area contributed by atoms with Crippen molar-refractivity contribution >= 4 is 5.97 Å². The predicted octanol–water partition coefficient (Wildman–Crippen LogP) is 1.81. The molecule has 100 valence electrons. The lowest BCUT2D eigenvalue weighted by molar-refractivity contribution is -0.143. The van der Waals surface area contributed by atoms with Crippen LogP contribution in [0.15, 0.2) is 24.3 Å². The van der Waals surface area contributed by atoms with Gasteiger partial charge in [-0.15, -0.1) is 0 Å². The van der Waals surface area contributed by atoms with Crippen molar-refractivity contribution in [2.24, 2.45) is 5.92 Å². The van der Waals surface area contributed by atoms with Crippen LogP contribution in [0.25, 0.3) is 0 Å². The van der Waals surface area contributed by atoms with E-state index in [1.54, 1.807) is 26.4 Å². The lowest BCUT2D eigenvalue weighted by atomic mass is 10.1. The first-order chi connectivity index (χ1) is 8.69. The van der Waals surface area contributed by atoms with Crippen molar-refractivity contribution in [2.75, 3.05) is 27.4 Å². The normalized spacial score (nSPS) is 11.9. The zero-order valence-electron chi connectivity index (χ0n) is 10.6. The summed E-state index contributed by atoms with van der Waals surface area (Å²) >= 11 is 0. The summed E-state index contributed by atoms with van der Waals surface area (Å²) in [5.41, 5.74) is 0. The van der Waals surface area contributed by atoms with Gasteiger partial charge in [-0.25, -0.2) is 0 Å². The minimum absolute atomic E-state index is 0.0963. The summed E-state index contributed by atoms with van der Waals surface area (Å²) in [4.78, 5) is 11.0. The second kappa shape index (κ2) is 7.55. The second-order valence-electron chi connectivity index (χ2n) is 3.78. The number of methoxy groups -OCH3 is 2. The fraction of sp³-hybridized carbons (Fsp3) is 0.462. The standard InChI is InChI=1S/C13H18O5/c1-16-8-7-10(13(14)15)9-18-12-6-4-3-5-11(12)17-2/h3-6,10H,7-9H2,1-2H3,(H,14,15). The van der Waals surface area contributed by atoms with Crippen LogP contribution in [0.2, 0.25) is 0 Å². The Labute approximate surface area is 106 Å². The van der Waals surface area contributed by atoms with Gasteiger partial charge in [0.1, 0.15) is 6.61 Å². The SMILES string of the molecule is COCCC(COc1ccccc1OC)C(=O)O. The van der Waals surface area contributed by atoms with Crippen LogP contribution in [-0.4, -0.2) is 38.5 Å². The van der Waals surface area contributed by atoms with E-state index in [9.17, 15) is 4.79 Å². The average molecular weight is 254 g/mol. The fourth-order valence-corrected chi connectivity index (χ4v) is 1.47. The third kappa shape index (κ3) is 4.25. The lowest BCUT2D eigenvalue weighted by Gasteiger charge is -2.15. The molecular weight excluding hydrogens is 236 g/mol. The van der Waals surface area contributed by atoms with Gasteiger partial charge in [0.2, 0.25) is 0 Å². The molecule has 0 aliphatic carbocycles. The Morgan fingerprint density at radius 2 is 1.94 bits per heavy atom. The third-order valence-electron chi connectivity index (χ3n) is 2.53. The van der Waals surface area contributed by atoms with Crippen molar-refractivity contribution in [1.29, 1.82) is 0 Å². The topological polar surface area (TPSA) is 65.0 Å². The summed E-state index contributed by atoms with van der Waals surface area (Å²) in [6, 6.07) is 7.14. The van der Waals surface area contributed by atoms with E-state index in [0.717, 1.165) is 0 Å². The monoisotopic (exact) mass is 254 g/mol. The predicted molar refractivity (Wildman–Crippen MR) is 66.1 cm³/mol. The van der Waals surface area contributed by atoms with Gasteiger partial charge in [-0.05, 0) is 18.6 Å². The zero-order chi connectivity index (χ0) is 13.4. The van der Waals surface area contributed by atoms with Crippen molar-refractivity contribution in [1.82, 2.24) is 0 Å². The van der Waals surface area contributed by atoms with Gasteiger partial charge in [0.05, 0.1) is 13.0 Å². The molecule has 5 heteroatoms. The van der Waals surface area contributed by atoms with Gasteiger partial charge >= 0.3 is 5.97 Å². The molecule has 0 spiro atoms. The molecule has 0 saturated carbocycles. The number of carboxylic acids is 1. The zero-order valence-corrected chi connectivity index (χ0v) is 10.6. The molecule has 1 aromatic rings. The Balaban J connectivity index is 2.58. The molecule has 1 rings (SSSR count). The molecule has 1 N–H and O–H groups in total. The van der Waals surface area contributed by atoms with E-state index in [0.29, 0.717) is 24.5 Å². The van der Waals surface area contributed by atoms with E-state index >= 15 is 0 Å². The summed E-state index contributed by atoms with van der Waals surface area (Å²) in [6.45, 7) is 0.491. The van der Waals surface area contributed by atoms with Gasteiger partial charge < -0.3 is 19.3 Å². The van der Waals surface area contributed by atoms with Crippen LogP contribution in [0, 0.1) is 5.92 Å². The molecular formula is C13H18O5. The van der Waals surface area contributed by atoms with Crippen LogP contribution in [0.5, 0.6) is 11.5 Å². The van der Waals surface area contributed by atoms with Crippen LogP contribution >= 0.6 is 0 Å². The average Bonchev–Trinajstić information content (AvgIpc) is 2.38. The van der Waals surface area contributed by atoms with E-state index in [4.69, 9.17) is 19.3 Å². The molecule has 0 radical (unpaired) electrons. The van der Waals surface area contributed by atoms with Crippen LogP contribution < -0.4 is 9.47 Å². The van der Waals surface area contributed by atoms with Crippen LogP contribution in [-0.2, 0) is 9.53 Å². The van der Waals surface area contributed by atoms with E-state index < -0.39 is 11.9 Å². The number of para-hydroxylation sites is 2. The Morgan fingerprint density at radius 3 is 2.50 bits per heavy atom. The number of carboxylic acid groups (broad SMARTS) is 1. The molecule has 1 unspecified atom stereocenters. The van der Waals surface area contributed by atoms with E-state index in [2.05, 4.69) is 0 Å². The number of ether oxygens (including phenoxy) is 3. The summed E-state index contributed by atoms with van der Waals surface area (Å²) in [5, 5.41) is 9.04. The highest BCUT2D eigenvalue weighted by Gasteiger charge is 2.18. The molecule has 0 bridgehead atoms. The highest BCUT2D eigenvalue weighted by molar-refractivity contribution is 5.70. The number of hydrogen-bond donors (Lipinski definition) is 1. The smallest absolute Gasteiger partial charge is 0.310 e. The number of rotatable bonds is 8. The summed E-state index contributed by atoms with van der Waals surface area (Å²) < 4.78 is 15.5. The van der Waals surface area contributed by atoms with Crippen LogP contribution in [0.4, 0.5) is 0 Å². The Kier molecular flexibility index (Phi) is 6.00. The van der Waals surface area contributed by atoms with Gasteiger partial charge in [-0.1, -0.05) is 12.1 Å². The van der Waals surface area contributed by atoms with E-state index in [-0.39, 0.29) is 6.61 Å². The van der Waals surface area contributed by atoms with Gasteiger partial charge in [0, 0.05) is 13.7 Å². The Hall–Kier alpha value is -1.75. The minimum atomic E-state index is -0.887. The minimum Gasteiger partial charge on any atom is -0.493 e. The molecule has 0 aliphatic heterocycles. The van der Waals surface area contributed by atoms with Crippen molar-refractivity contribution in [3.63, 3.8) is 0 Å². The van der Waals surface area contributed by atoms with Crippen molar-refractivity contribution < 1.29 is 24.1 Å². The van der Waals surface area contributed by atoms with E-state index in [1.165, 1.54) is 0 Å². The first-order valence-corrected chi connectivity index (χ1v) is 5.66. The van der Waals surface area contributed by atoms with Crippen molar-refractivity contribution in [3.05, 3.63) is 24.3 Å². The molecule has 18 heavy (non-hydrogen) atoms. The Bertz CT molecular complexity index is 377. The third-order valence-corrected chi connectivity index (χ3v) is 2.53. The summed E-state index contributed by atoms with van der Waals surface area (Å²) in [5.74, 6) is -0.339. The molecule has 0 heterocycles. The number of hydrogen-bond acceptors (Lipinski definition) is 4.